The smallest absolute Gasteiger partial charge is 0.335 e. The topological polar surface area (TPSA) is 45.5 Å². The first-order valence-electron chi connectivity index (χ1n) is 6.69. The highest BCUT2D eigenvalue weighted by Gasteiger charge is 2.06. The first kappa shape index (κ1) is 13.6. The fraction of sp³-hybridized carbons (Fsp3) is 0.400. The lowest BCUT2D eigenvalue weighted by molar-refractivity contribution is 0.0697. The SMILES string of the molecule is CCN(CC)CCn1cc2ccc(C(=O)O)cc2c1. The van der Waals surface area contributed by atoms with Crippen molar-refractivity contribution in [3.8, 4) is 0 Å². The number of benzene rings is 1. The van der Waals surface area contributed by atoms with Gasteiger partial charge in [0.1, 0.15) is 0 Å². The molecule has 0 saturated carbocycles. The molecule has 2 rings (SSSR count). The fourth-order valence-electron chi connectivity index (χ4n) is 2.26. The minimum atomic E-state index is -0.877. The quantitative estimate of drug-likeness (QED) is 0.868. The van der Waals surface area contributed by atoms with Crippen LogP contribution in [0.1, 0.15) is 24.2 Å². The summed E-state index contributed by atoms with van der Waals surface area (Å²) in [4.78, 5) is 13.3. The van der Waals surface area contributed by atoms with Crippen LogP contribution >= 0.6 is 0 Å². The number of likely N-dealkylation sites (N-methyl/N-ethyl adjacent to an activating group) is 1. The number of aromatic nitrogens is 1. The Morgan fingerprint density at radius 2 is 1.89 bits per heavy atom. The van der Waals surface area contributed by atoms with Crippen molar-refractivity contribution in [2.24, 2.45) is 0 Å². The van der Waals surface area contributed by atoms with Crippen LogP contribution in [0.3, 0.4) is 0 Å². The molecule has 1 aromatic carbocycles. The van der Waals surface area contributed by atoms with E-state index in [-0.39, 0.29) is 0 Å². The molecule has 0 amide bonds. The second-order valence-corrected chi connectivity index (χ2v) is 4.67. The summed E-state index contributed by atoms with van der Waals surface area (Å²) >= 11 is 0. The fourth-order valence-corrected chi connectivity index (χ4v) is 2.26. The van der Waals surface area contributed by atoms with E-state index in [4.69, 9.17) is 5.11 Å². The largest absolute Gasteiger partial charge is 0.478 e. The number of carboxylic acid groups (broad SMARTS) is 1. The molecule has 0 aliphatic rings. The third-order valence-electron chi connectivity index (χ3n) is 3.51. The Kier molecular flexibility index (Phi) is 4.22. The van der Waals surface area contributed by atoms with E-state index >= 15 is 0 Å². The first-order chi connectivity index (χ1) is 9.13. The van der Waals surface area contributed by atoms with Crippen molar-refractivity contribution in [2.45, 2.75) is 20.4 Å². The van der Waals surface area contributed by atoms with Crippen molar-refractivity contribution >= 4 is 16.7 Å². The molecule has 1 N–H and O–H groups in total. The van der Waals surface area contributed by atoms with Crippen LogP contribution in [0, 0.1) is 0 Å². The summed E-state index contributed by atoms with van der Waals surface area (Å²) in [5.41, 5.74) is 0.342. The molecule has 102 valence electrons. The second-order valence-electron chi connectivity index (χ2n) is 4.67. The van der Waals surface area contributed by atoms with Crippen molar-refractivity contribution in [3.05, 3.63) is 36.2 Å². The summed E-state index contributed by atoms with van der Waals surface area (Å²) in [5.74, 6) is -0.877. The van der Waals surface area contributed by atoms with Gasteiger partial charge in [0.2, 0.25) is 0 Å². The standard InChI is InChI=1S/C15H20N2O2/c1-3-16(4-2)7-8-17-10-13-6-5-12(15(18)19)9-14(13)11-17/h5-6,9-11H,3-4,7-8H2,1-2H3,(H,18,19). The number of carboxylic acids is 1. The van der Waals surface area contributed by atoms with Crippen molar-refractivity contribution < 1.29 is 9.90 Å². The molecule has 4 heteroatoms. The maximum Gasteiger partial charge on any atom is 0.335 e. The number of aromatic carboxylic acids is 1. The Bertz CT molecular complexity index is 571. The van der Waals surface area contributed by atoms with Gasteiger partial charge in [0.05, 0.1) is 5.56 Å². The van der Waals surface area contributed by atoms with Gasteiger partial charge in [-0.3, -0.25) is 0 Å². The van der Waals surface area contributed by atoms with Gasteiger partial charge in [-0.2, -0.15) is 0 Å². The van der Waals surface area contributed by atoms with E-state index in [0.717, 1.165) is 37.0 Å². The summed E-state index contributed by atoms with van der Waals surface area (Å²) in [7, 11) is 0. The summed E-state index contributed by atoms with van der Waals surface area (Å²) in [6, 6.07) is 5.25. The van der Waals surface area contributed by atoms with Crippen molar-refractivity contribution in [1.82, 2.24) is 9.47 Å². The summed E-state index contributed by atoms with van der Waals surface area (Å²) in [6.45, 7) is 8.38. The van der Waals surface area contributed by atoms with Crippen LogP contribution < -0.4 is 0 Å². The van der Waals surface area contributed by atoms with E-state index in [9.17, 15) is 4.79 Å². The van der Waals surface area contributed by atoms with E-state index in [2.05, 4.69) is 29.5 Å². The van der Waals surface area contributed by atoms with Gasteiger partial charge in [0.25, 0.3) is 0 Å². The third kappa shape index (κ3) is 3.15. The molecule has 0 saturated heterocycles. The molecule has 0 unspecified atom stereocenters. The highest BCUT2D eigenvalue weighted by atomic mass is 16.4. The minimum Gasteiger partial charge on any atom is -0.478 e. The molecule has 0 bridgehead atoms. The van der Waals surface area contributed by atoms with Crippen molar-refractivity contribution in [1.29, 1.82) is 0 Å². The molecule has 19 heavy (non-hydrogen) atoms. The molecular weight excluding hydrogens is 240 g/mol. The van der Waals surface area contributed by atoms with Gasteiger partial charge in [0, 0.05) is 30.9 Å². The second kappa shape index (κ2) is 5.89. The monoisotopic (exact) mass is 260 g/mol. The van der Waals surface area contributed by atoms with Gasteiger partial charge < -0.3 is 14.6 Å². The summed E-state index contributed by atoms with van der Waals surface area (Å²) in [5, 5.41) is 11.1. The molecule has 0 aliphatic heterocycles. The highest BCUT2D eigenvalue weighted by Crippen LogP contribution is 2.17. The number of hydrogen-bond acceptors (Lipinski definition) is 2. The van der Waals surface area contributed by atoms with Gasteiger partial charge in [-0.05, 0) is 30.6 Å². The number of nitrogens with zero attached hydrogens (tertiary/aromatic N) is 2. The minimum absolute atomic E-state index is 0.342. The zero-order chi connectivity index (χ0) is 13.8. The van der Waals surface area contributed by atoms with Crippen LogP contribution in [0.5, 0.6) is 0 Å². The zero-order valence-corrected chi connectivity index (χ0v) is 11.5. The molecule has 1 heterocycles. The van der Waals surface area contributed by atoms with Gasteiger partial charge >= 0.3 is 5.97 Å². The van der Waals surface area contributed by atoms with Gasteiger partial charge in [-0.1, -0.05) is 19.9 Å². The molecule has 1 aromatic heterocycles. The van der Waals surface area contributed by atoms with Crippen LogP contribution in [-0.2, 0) is 6.54 Å². The molecule has 2 aromatic rings. The molecule has 0 atom stereocenters. The van der Waals surface area contributed by atoms with Crippen molar-refractivity contribution in [2.75, 3.05) is 19.6 Å². The maximum absolute atomic E-state index is 10.9. The van der Waals surface area contributed by atoms with Crippen LogP contribution in [0.15, 0.2) is 30.6 Å². The van der Waals surface area contributed by atoms with Gasteiger partial charge in [0.15, 0.2) is 0 Å². The Morgan fingerprint density at radius 3 is 2.53 bits per heavy atom. The van der Waals surface area contributed by atoms with Crippen LogP contribution in [0.4, 0.5) is 0 Å². The molecule has 0 fully saturated rings. The van der Waals surface area contributed by atoms with E-state index in [1.54, 1.807) is 12.1 Å². The number of fused-ring (bicyclic) bond motifs is 1. The summed E-state index contributed by atoms with van der Waals surface area (Å²) < 4.78 is 2.13. The zero-order valence-electron chi connectivity index (χ0n) is 11.5. The van der Waals surface area contributed by atoms with Crippen LogP contribution in [0.25, 0.3) is 10.8 Å². The van der Waals surface area contributed by atoms with Gasteiger partial charge in [-0.15, -0.1) is 0 Å². The Balaban J connectivity index is 2.15. The van der Waals surface area contributed by atoms with Gasteiger partial charge in [-0.25, -0.2) is 4.79 Å². The average molecular weight is 260 g/mol. The molecule has 0 aliphatic carbocycles. The predicted molar refractivity (Wildman–Crippen MR) is 76.7 cm³/mol. The summed E-state index contributed by atoms with van der Waals surface area (Å²) in [6.07, 6.45) is 4.09. The lowest BCUT2D eigenvalue weighted by Gasteiger charge is -2.17. The van der Waals surface area contributed by atoms with Crippen LogP contribution in [-0.4, -0.2) is 40.2 Å². The molecule has 0 radical (unpaired) electrons. The third-order valence-corrected chi connectivity index (χ3v) is 3.51. The molecule has 4 nitrogen and oxygen atoms in total. The number of carbonyl (C=O) groups is 1. The Hall–Kier alpha value is -1.81. The molecule has 0 spiro atoms. The average Bonchev–Trinajstić information content (AvgIpc) is 2.81. The normalized spacial score (nSPS) is 11.3. The highest BCUT2D eigenvalue weighted by molar-refractivity contribution is 5.94. The van der Waals surface area contributed by atoms with E-state index in [1.807, 2.05) is 12.3 Å². The lowest BCUT2D eigenvalue weighted by atomic mass is 10.1. The first-order valence-corrected chi connectivity index (χ1v) is 6.69. The number of rotatable bonds is 6. The maximum atomic E-state index is 10.9. The van der Waals surface area contributed by atoms with Crippen molar-refractivity contribution in [3.63, 3.8) is 0 Å². The molecular formula is C15H20N2O2. The number of hydrogen-bond donors (Lipinski definition) is 1. The van der Waals surface area contributed by atoms with E-state index in [0.29, 0.717) is 5.56 Å². The predicted octanol–water partition coefficient (Wildman–Crippen LogP) is 2.68. The van der Waals surface area contributed by atoms with E-state index < -0.39 is 5.97 Å². The van der Waals surface area contributed by atoms with Crippen LogP contribution in [0.2, 0.25) is 0 Å². The Morgan fingerprint density at radius 1 is 1.21 bits per heavy atom. The van der Waals surface area contributed by atoms with E-state index in [1.165, 1.54) is 0 Å². The lowest BCUT2D eigenvalue weighted by Crippen LogP contribution is -2.26. The Labute approximate surface area is 113 Å².